The Morgan fingerprint density at radius 3 is 2.43 bits per heavy atom. The van der Waals surface area contributed by atoms with Crippen molar-refractivity contribution in [2.24, 2.45) is 5.92 Å². The lowest BCUT2D eigenvalue weighted by Crippen LogP contribution is -2.61. The Hall–Kier alpha value is -2.69. The number of hydrogen-bond donors (Lipinski definition) is 5. The number of rotatable bonds is 7. The van der Waals surface area contributed by atoms with Gasteiger partial charge in [-0.1, -0.05) is 18.9 Å². The van der Waals surface area contributed by atoms with Crippen LogP contribution in [0.25, 0.3) is 0 Å². The molecule has 1 saturated heterocycles. The number of carbonyl (C=O) groups is 3. The van der Waals surface area contributed by atoms with Gasteiger partial charge in [-0.25, -0.2) is 9.59 Å². The van der Waals surface area contributed by atoms with Crippen molar-refractivity contribution in [3.63, 3.8) is 0 Å². The molecule has 5 N–H and O–H groups in total. The number of nitrogens with zero attached hydrogens (tertiary/aromatic N) is 1. The lowest BCUT2D eigenvalue weighted by molar-refractivity contribution is -0.165. The van der Waals surface area contributed by atoms with Crippen molar-refractivity contribution < 1.29 is 44.7 Å². The number of aliphatic hydroxyl groups excluding tert-OH is 2. The molecule has 0 aromatic heterocycles. The predicted octanol–water partition coefficient (Wildman–Crippen LogP) is 1.28. The lowest BCUT2D eigenvalue weighted by Gasteiger charge is -2.59. The van der Waals surface area contributed by atoms with E-state index in [0.29, 0.717) is 30.7 Å². The molecule has 2 aliphatic carbocycles. The number of piperidine rings is 1. The molecule has 1 aliphatic heterocycles. The third-order valence-corrected chi connectivity index (χ3v) is 7.65. The van der Waals surface area contributed by atoms with Crippen LogP contribution in [0.2, 0.25) is 0 Å². The van der Waals surface area contributed by atoms with E-state index in [1.165, 1.54) is 36.8 Å². The number of ether oxygens (including phenoxy) is 1. The molecule has 1 aromatic rings. The smallest absolute Gasteiger partial charge is 0.335 e. The maximum Gasteiger partial charge on any atom is 0.335 e. The summed E-state index contributed by atoms with van der Waals surface area (Å²) < 4.78 is 5.12. The number of aliphatic hydroxyl groups is 2. The molecule has 0 radical (unpaired) electrons. The number of fused-ring (bicyclic) bond motifs is 1. The van der Waals surface area contributed by atoms with E-state index < -0.39 is 24.1 Å². The fourth-order valence-corrected chi connectivity index (χ4v) is 6.09. The first-order valence-corrected chi connectivity index (χ1v) is 12.1. The van der Waals surface area contributed by atoms with E-state index in [4.69, 9.17) is 25.2 Å². The maximum absolute atomic E-state index is 11.8. The number of esters is 1. The second kappa shape index (κ2) is 11.4. The monoisotopic (exact) mass is 493 g/mol. The molecule has 4 rings (SSSR count). The maximum atomic E-state index is 11.8. The summed E-state index contributed by atoms with van der Waals surface area (Å²) in [6.45, 7) is 4.19. The minimum absolute atomic E-state index is 0.0795. The number of benzene rings is 1. The molecule has 3 aliphatic rings. The molecular formula is C25H35NO9. The Balaban J connectivity index is 0.000000292. The normalized spacial score (nSPS) is 26.7. The summed E-state index contributed by atoms with van der Waals surface area (Å²) in [5.41, 5.74) is 3.07. The summed E-state index contributed by atoms with van der Waals surface area (Å²) in [6, 6.07) is 6.52. The van der Waals surface area contributed by atoms with Gasteiger partial charge in [0.1, 0.15) is 5.75 Å². The first-order valence-electron chi connectivity index (χ1n) is 12.1. The van der Waals surface area contributed by atoms with Gasteiger partial charge in [0.15, 0.2) is 12.2 Å². The summed E-state index contributed by atoms with van der Waals surface area (Å²) in [7, 11) is 0. The molecule has 1 heterocycles. The van der Waals surface area contributed by atoms with E-state index in [0.717, 1.165) is 25.9 Å². The van der Waals surface area contributed by atoms with Crippen molar-refractivity contribution >= 4 is 17.9 Å². The van der Waals surface area contributed by atoms with Gasteiger partial charge in [-0.2, -0.15) is 0 Å². The molecule has 5 atom stereocenters. The number of phenols is 1. The van der Waals surface area contributed by atoms with Gasteiger partial charge in [0.05, 0.1) is 13.0 Å². The summed E-state index contributed by atoms with van der Waals surface area (Å²) in [4.78, 5) is 33.9. The van der Waals surface area contributed by atoms with E-state index in [1.54, 1.807) is 0 Å². The Morgan fingerprint density at radius 2 is 1.80 bits per heavy atom. The second-order valence-electron chi connectivity index (χ2n) is 9.53. The average molecular weight is 494 g/mol. The molecule has 10 heteroatoms. The molecule has 0 unspecified atom stereocenters. The zero-order chi connectivity index (χ0) is 25.8. The number of aliphatic carboxylic acids is 2. The molecule has 1 aromatic carbocycles. The first-order chi connectivity index (χ1) is 16.6. The van der Waals surface area contributed by atoms with E-state index in [2.05, 4.69) is 11.0 Å². The average Bonchev–Trinajstić information content (AvgIpc) is 2.83. The van der Waals surface area contributed by atoms with Gasteiger partial charge in [0.2, 0.25) is 0 Å². The van der Waals surface area contributed by atoms with Gasteiger partial charge in [-0.3, -0.25) is 9.69 Å². The zero-order valence-electron chi connectivity index (χ0n) is 19.9. The van der Waals surface area contributed by atoms with Gasteiger partial charge in [-0.05, 0) is 68.3 Å². The SMILES string of the molecule is CCOC(=O)CCN1CC[C@]23CCCC[C@H]2[C@H]1Cc1ccc(O)cc13.O=C(O)[C@H](O)[C@@H](O)C(=O)O. The number of carboxylic acids is 2. The van der Waals surface area contributed by atoms with Crippen LogP contribution in [0.3, 0.4) is 0 Å². The van der Waals surface area contributed by atoms with Crippen LogP contribution in [0.5, 0.6) is 5.75 Å². The molecule has 2 bridgehead atoms. The molecule has 1 saturated carbocycles. The summed E-state index contributed by atoms with van der Waals surface area (Å²) >= 11 is 0. The van der Waals surface area contributed by atoms with E-state index >= 15 is 0 Å². The van der Waals surface area contributed by atoms with Crippen LogP contribution in [0, 0.1) is 5.92 Å². The Labute approximate surface area is 204 Å². The van der Waals surface area contributed by atoms with Gasteiger partial charge in [0.25, 0.3) is 0 Å². The Kier molecular flexibility index (Phi) is 8.74. The number of carbonyl (C=O) groups excluding carboxylic acids is 1. The Morgan fingerprint density at radius 1 is 1.11 bits per heavy atom. The van der Waals surface area contributed by atoms with Crippen molar-refractivity contribution in [3.05, 3.63) is 29.3 Å². The van der Waals surface area contributed by atoms with Gasteiger partial charge in [0, 0.05) is 18.0 Å². The minimum atomic E-state index is -2.27. The van der Waals surface area contributed by atoms with Gasteiger partial charge in [-0.15, -0.1) is 0 Å². The van der Waals surface area contributed by atoms with Crippen molar-refractivity contribution in [2.45, 2.75) is 75.5 Å². The largest absolute Gasteiger partial charge is 0.508 e. The highest BCUT2D eigenvalue weighted by Gasteiger charge is 2.53. The number of phenolic OH excluding ortho intramolecular Hbond substituents is 1. The summed E-state index contributed by atoms with van der Waals surface area (Å²) in [6.07, 6.45) is 3.27. The Bertz CT molecular complexity index is 918. The van der Waals surface area contributed by atoms with Crippen LogP contribution in [0.15, 0.2) is 18.2 Å². The third kappa shape index (κ3) is 5.76. The van der Waals surface area contributed by atoms with Crippen LogP contribution in [-0.2, 0) is 31.0 Å². The molecule has 10 nitrogen and oxygen atoms in total. The second-order valence-corrected chi connectivity index (χ2v) is 9.53. The van der Waals surface area contributed by atoms with Crippen molar-refractivity contribution in [1.82, 2.24) is 4.90 Å². The van der Waals surface area contributed by atoms with Crippen molar-refractivity contribution in [2.75, 3.05) is 19.7 Å². The summed E-state index contributed by atoms with van der Waals surface area (Å²) in [5.74, 6) is -2.55. The van der Waals surface area contributed by atoms with Crippen LogP contribution < -0.4 is 0 Å². The molecular weight excluding hydrogens is 458 g/mol. The molecule has 2 fully saturated rings. The number of likely N-dealkylation sites (tertiary alicyclic amines) is 1. The fourth-order valence-electron chi connectivity index (χ4n) is 6.09. The number of aromatic hydroxyl groups is 1. The van der Waals surface area contributed by atoms with Crippen LogP contribution in [0.4, 0.5) is 0 Å². The molecule has 0 spiro atoms. The van der Waals surface area contributed by atoms with Crippen molar-refractivity contribution in [1.29, 1.82) is 0 Å². The predicted molar refractivity (Wildman–Crippen MR) is 124 cm³/mol. The number of hydrogen-bond acceptors (Lipinski definition) is 8. The van der Waals surface area contributed by atoms with Crippen LogP contribution >= 0.6 is 0 Å². The van der Waals surface area contributed by atoms with Gasteiger partial charge < -0.3 is 30.3 Å². The van der Waals surface area contributed by atoms with E-state index in [9.17, 15) is 19.5 Å². The fraction of sp³-hybridized carbons (Fsp3) is 0.640. The van der Waals surface area contributed by atoms with E-state index in [-0.39, 0.29) is 11.4 Å². The molecule has 35 heavy (non-hydrogen) atoms. The van der Waals surface area contributed by atoms with E-state index in [1.807, 2.05) is 19.1 Å². The lowest BCUT2D eigenvalue weighted by atomic mass is 9.52. The summed E-state index contributed by atoms with van der Waals surface area (Å²) in [5, 5.41) is 42.6. The van der Waals surface area contributed by atoms with Crippen LogP contribution in [-0.4, -0.2) is 86.3 Å². The topological polar surface area (TPSA) is 165 Å². The number of carboxylic acid groups (broad SMARTS) is 2. The highest BCUT2D eigenvalue weighted by atomic mass is 16.5. The van der Waals surface area contributed by atoms with Crippen molar-refractivity contribution in [3.8, 4) is 5.75 Å². The zero-order valence-corrected chi connectivity index (χ0v) is 19.9. The molecule has 194 valence electrons. The molecule has 0 amide bonds. The third-order valence-electron chi connectivity index (χ3n) is 7.65. The quantitative estimate of drug-likeness (QED) is 0.349. The van der Waals surface area contributed by atoms with Crippen LogP contribution in [0.1, 0.15) is 56.6 Å². The standard InChI is InChI=1S/C21H29NO3.C4H6O6/c1-2-25-20(24)8-11-22-12-10-21-9-4-3-5-17(21)19(22)13-15-6-7-16(23)14-18(15)21;5-1(3(7)8)2(6)4(9)10/h6-7,14,17,19,23H,2-5,8-13H2,1H3;1-2,5-6H,(H,7,8)(H,9,10)/t17-,19+,21+;1-,2-/m01/s1. The first kappa shape index (κ1) is 26.9. The highest BCUT2D eigenvalue weighted by molar-refractivity contribution is 5.83. The minimum Gasteiger partial charge on any atom is -0.508 e. The highest BCUT2D eigenvalue weighted by Crippen LogP contribution is 2.56. The van der Waals surface area contributed by atoms with Gasteiger partial charge >= 0.3 is 17.9 Å².